The van der Waals surface area contributed by atoms with Crippen molar-refractivity contribution in [1.82, 2.24) is 0 Å². The zero-order valence-corrected chi connectivity index (χ0v) is 68.0. The minimum Gasteiger partial charge on any atom is -0.463 e. The third-order valence-electron chi connectivity index (χ3n) is 16.3. The SMILES string of the molecule is CC/C=C\C/C=C\C/C=C\C/C=C\C/C=C\C/C=C\CCCCCCCCCCCCC(=O)OCC(O)COP(=O)(O)OCC(O)COP(=O)(O)OCC(COC(=O)CCCCCC/C=C\C/C=C\C/C=C\C/C=C\C/C=C\C/C=C\CC)OC(=O)CCCCCCCC/C=C\C/C=C\C/C=C\C/C=C\CC. The molecule has 5 atom stereocenters. The van der Waals surface area contributed by atoms with Gasteiger partial charge in [-0.05, 0) is 161 Å². The lowest BCUT2D eigenvalue weighted by Crippen LogP contribution is -2.30. The van der Waals surface area contributed by atoms with E-state index in [0.717, 1.165) is 199 Å². The van der Waals surface area contributed by atoms with Crippen LogP contribution < -0.4 is 0 Å². The number of aliphatic hydroxyl groups excluding tert-OH is 2. The van der Waals surface area contributed by atoms with Crippen LogP contribution in [0.4, 0.5) is 0 Å². The fourth-order valence-electron chi connectivity index (χ4n) is 10.2. The number of hydrogen-bond acceptors (Lipinski definition) is 14. The molecule has 0 aliphatic carbocycles. The summed E-state index contributed by atoms with van der Waals surface area (Å²) in [4.78, 5) is 58.8. The number of phosphoric ester groups is 2. The van der Waals surface area contributed by atoms with Gasteiger partial charge >= 0.3 is 33.6 Å². The van der Waals surface area contributed by atoms with Crippen LogP contribution in [0.2, 0.25) is 0 Å². The largest absolute Gasteiger partial charge is 0.472 e. The van der Waals surface area contributed by atoms with Crippen molar-refractivity contribution >= 4 is 33.6 Å². The first-order chi connectivity index (χ1) is 52.2. The number of aliphatic hydroxyl groups is 2. The Kier molecular flexibility index (Phi) is 75.7. The van der Waals surface area contributed by atoms with Gasteiger partial charge < -0.3 is 34.2 Å². The summed E-state index contributed by atoms with van der Waals surface area (Å²) in [5.74, 6) is -1.64. The minimum absolute atomic E-state index is 0.0745. The van der Waals surface area contributed by atoms with E-state index in [1.807, 2.05) is 0 Å². The van der Waals surface area contributed by atoms with Gasteiger partial charge in [0.05, 0.1) is 26.4 Å². The Bertz CT molecular complexity index is 2720. The Labute approximate surface area is 648 Å². The average molecular weight is 1530 g/mol. The molecule has 0 saturated heterocycles. The van der Waals surface area contributed by atoms with Crippen LogP contribution in [0, 0.1) is 0 Å². The van der Waals surface area contributed by atoms with Gasteiger partial charge in [-0.15, -0.1) is 0 Å². The third-order valence-corrected chi connectivity index (χ3v) is 18.2. The summed E-state index contributed by atoms with van der Waals surface area (Å²) < 4.78 is 61.2. The summed E-state index contributed by atoms with van der Waals surface area (Å²) in [6.45, 7) is 2.27. The number of allylic oxidation sites excluding steroid dienone is 32. The minimum atomic E-state index is -4.95. The van der Waals surface area contributed by atoms with E-state index in [9.17, 15) is 43.5 Å². The van der Waals surface area contributed by atoms with Crippen molar-refractivity contribution in [1.29, 1.82) is 0 Å². The van der Waals surface area contributed by atoms with Crippen molar-refractivity contribution in [2.45, 2.75) is 309 Å². The van der Waals surface area contributed by atoms with Crippen molar-refractivity contribution in [3.8, 4) is 0 Å². The smallest absolute Gasteiger partial charge is 0.463 e. The normalized spacial score (nSPS) is 14.9. The molecule has 0 aliphatic rings. The van der Waals surface area contributed by atoms with Gasteiger partial charge in [-0.1, -0.05) is 305 Å². The molecule has 0 amide bonds. The molecule has 0 aromatic carbocycles. The van der Waals surface area contributed by atoms with E-state index in [1.165, 1.54) is 32.1 Å². The summed E-state index contributed by atoms with van der Waals surface area (Å²) in [6.07, 6.45) is 105. The van der Waals surface area contributed by atoms with Crippen LogP contribution >= 0.6 is 15.6 Å². The standard InChI is InChI=1S/C89H144O16P2/c1-4-7-10-13-16-19-22-25-28-31-34-36-38-39-40-41-42-43-45-47-49-51-54-57-60-63-66-69-72-75-87(92)99-78-84(90)79-101-106(95,96)102-80-85(91)81-103-107(97,98)104-83-86(105-89(94)77-74-71-68-65-62-59-56-53-48-33-30-27-24-21-18-15-12-9-6-3)82-100-88(93)76-73-70-67-64-61-58-55-52-50-46-44-37-35-32-29-26-23-20-17-14-11-8-5-2/h7-12,16-21,25-30,34-37,39-40,42-43,46,48,50,53,55,58,84-86,90-91H,4-6,13-15,22-24,31-33,38,41,44-45,47,49,51-52,54,56-57,59-83H2,1-3H3,(H,95,96)(H,97,98)/b10-7-,11-8-,12-9-,19-16-,20-17-,21-18-,28-25-,29-26-,30-27-,36-34-,37-35-,40-39-,43-42-,50-46-,53-48-,58-55-. The molecule has 0 rings (SSSR count). The first-order valence-corrected chi connectivity index (χ1v) is 43.7. The molecule has 0 aromatic heterocycles. The highest BCUT2D eigenvalue weighted by Gasteiger charge is 2.29. The molecule has 16 nitrogen and oxygen atoms in total. The van der Waals surface area contributed by atoms with Gasteiger partial charge in [0.1, 0.15) is 25.4 Å². The van der Waals surface area contributed by atoms with Crippen molar-refractivity contribution < 1.29 is 75.8 Å². The van der Waals surface area contributed by atoms with Gasteiger partial charge in [0.25, 0.3) is 0 Å². The molecule has 107 heavy (non-hydrogen) atoms. The van der Waals surface area contributed by atoms with Crippen LogP contribution in [0.3, 0.4) is 0 Å². The summed E-state index contributed by atoms with van der Waals surface area (Å²) in [5.41, 5.74) is 0. The van der Waals surface area contributed by atoms with Gasteiger partial charge in [0.15, 0.2) is 6.10 Å². The number of ether oxygens (including phenoxy) is 3. The van der Waals surface area contributed by atoms with Crippen LogP contribution in [0.25, 0.3) is 0 Å². The summed E-state index contributed by atoms with van der Waals surface area (Å²) in [7, 11) is -9.83. The lowest BCUT2D eigenvalue weighted by atomic mass is 10.1. The lowest BCUT2D eigenvalue weighted by Gasteiger charge is -2.21. The maximum Gasteiger partial charge on any atom is 0.472 e. The van der Waals surface area contributed by atoms with Crippen LogP contribution in [0.5, 0.6) is 0 Å². The molecule has 0 saturated carbocycles. The Balaban J connectivity index is 4.67. The first-order valence-electron chi connectivity index (χ1n) is 40.7. The Hall–Kier alpha value is -5.61. The van der Waals surface area contributed by atoms with Gasteiger partial charge in [0.2, 0.25) is 0 Å². The number of phosphoric acid groups is 2. The fraction of sp³-hybridized carbons (Fsp3) is 0.607. The number of carbonyl (C=O) groups excluding carboxylic acids is 3. The average Bonchev–Trinajstić information content (AvgIpc) is 0.907. The third kappa shape index (κ3) is 81.2. The Morgan fingerprint density at radius 1 is 0.262 bits per heavy atom. The van der Waals surface area contributed by atoms with Crippen LogP contribution in [-0.4, -0.2) is 95.9 Å². The molecule has 606 valence electrons. The highest BCUT2D eigenvalue weighted by Crippen LogP contribution is 2.45. The van der Waals surface area contributed by atoms with E-state index in [0.29, 0.717) is 19.3 Å². The van der Waals surface area contributed by atoms with E-state index in [2.05, 4.69) is 215 Å². The number of rotatable bonds is 75. The summed E-state index contributed by atoms with van der Waals surface area (Å²) >= 11 is 0. The zero-order chi connectivity index (χ0) is 78.0. The molecular weight excluding hydrogens is 1390 g/mol. The zero-order valence-electron chi connectivity index (χ0n) is 66.2. The van der Waals surface area contributed by atoms with E-state index in [4.69, 9.17) is 32.3 Å². The number of hydrogen-bond donors (Lipinski definition) is 4. The second kappa shape index (κ2) is 79.9. The van der Waals surface area contributed by atoms with Crippen molar-refractivity contribution in [2.75, 3.05) is 39.6 Å². The Morgan fingerprint density at radius 3 is 0.738 bits per heavy atom. The highest BCUT2D eigenvalue weighted by molar-refractivity contribution is 7.47. The van der Waals surface area contributed by atoms with E-state index < -0.39 is 91.5 Å². The molecule has 0 aromatic rings. The molecule has 18 heteroatoms. The fourth-order valence-corrected chi connectivity index (χ4v) is 11.8. The molecule has 0 spiro atoms. The van der Waals surface area contributed by atoms with Gasteiger partial charge in [-0.3, -0.25) is 32.5 Å². The molecule has 0 bridgehead atoms. The molecule has 0 heterocycles. The summed E-state index contributed by atoms with van der Waals surface area (Å²) in [5, 5.41) is 20.7. The molecule has 0 radical (unpaired) electrons. The monoisotopic (exact) mass is 1530 g/mol. The van der Waals surface area contributed by atoms with Gasteiger partial charge in [-0.25, -0.2) is 9.13 Å². The molecule has 0 fully saturated rings. The molecule has 5 unspecified atom stereocenters. The predicted octanol–water partition coefficient (Wildman–Crippen LogP) is 24.3. The maximum atomic E-state index is 13.0. The van der Waals surface area contributed by atoms with Crippen molar-refractivity contribution in [3.63, 3.8) is 0 Å². The van der Waals surface area contributed by atoms with Crippen molar-refractivity contribution in [2.24, 2.45) is 0 Å². The predicted molar refractivity (Wildman–Crippen MR) is 444 cm³/mol. The van der Waals surface area contributed by atoms with E-state index in [1.54, 1.807) is 0 Å². The van der Waals surface area contributed by atoms with Gasteiger partial charge in [-0.2, -0.15) is 0 Å². The second-order valence-electron chi connectivity index (χ2n) is 26.4. The number of unbranched alkanes of at least 4 members (excludes halogenated alkanes) is 20. The Morgan fingerprint density at radius 2 is 0.467 bits per heavy atom. The van der Waals surface area contributed by atoms with Gasteiger partial charge in [0, 0.05) is 19.3 Å². The van der Waals surface area contributed by atoms with Crippen LogP contribution in [0.15, 0.2) is 194 Å². The highest BCUT2D eigenvalue weighted by atomic mass is 31.2. The topological polar surface area (TPSA) is 231 Å². The lowest BCUT2D eigenvalue weighted by molar-refractivity contribution is -0.161. The molecular formula is C89H144O16P2. The number of carbonyl (C=O) groups is 3. The molecule has 4 N–H and O–H groups in total. The van der Waals surface area contributed by atoms with Crippen LogP contribution in [0.1, 0.15) is 290 Å². The van der Waals surface area contributed by atoms with Crippen LogP contribution in [-0.2, 0) is 55.8 Å². The molecule has 0 aliphatic heterocycles. The van der Waals surface area contributed by atoms with E-state index >= 15 is 0 Å². The first kappa shape index (κ1) is 101. The maximum absolute atomic E-state index is 13.0. The van der Waals surface area contributed by atoms with Crippen molar-refractivity contribution in [3.05, 3.63) is 194 Å². The number of esters is 3. The quantitative estimate of drug-likeness (QED) is 0.0146. The second-order valence-corrected chi connectivity index (χ2v) is 29.3. The van der Waals surface area contributed by atoms with E-state index in [-0.39, 0.29) is 19.3 Å². The summed E-state index contributed by atoms with van der Waals surface area (Å²) in [6, 6.07) is 0.